The van der Waals surface area contributed by atoms with Crippen molar-refractivity contribution in [3.63, 3.8) is 0 Å². The Morgan fingerprint density at radius 2 is 2.11 bits per heavy atom. The largest absolute Gasteiger partial charge is 0.349 e. The third-order valence-electron chi connectivity index (χ3n) is 2.66. The highest BCUT2D eigenvalue weighted by atomic mass is 32.2. The quantitative estimate of drug-likeness (QED) is 0.866. The van der Waals surface area contributed by atoms with Crippen molar-refractivity contribution in [3.8, 4) is 5.69 Å². The minimum absolute atomic E-state index is 0.383. The van der Waals surface area contributed by atoms with Gasteiger partial charge in [0.15, 0.2) is 0 Å². The molecule has 1 heterocycles. The molecule has 0 spiro atoms. The third kappa shape index (κ3) is 3.01. The van der Waals surface area contributed by atoms with Crippen LogP contribution in [0.2, 0.25) is 0 Å². The van der Waals surface area contributed by atoms with E-state index in [-0.39, 0.29) is 0 Å². The number of benzene rings is 1. The van der Waals surface area contributed by atoms with E-state index in [1.165, 1.54) is 0 Å². The monoisotopic (exact) mass is 263 g/mol. The number of anilines is 1. The molecular weight excluding hydrogens is 246 g/mol. The zero-order chi connectivity index (χ0) is 12.8. The summed E-state index contributed by atoms with van der Waals surface area (Å²) in [6, 6.07) is 10.3. The summed E-state index contributed by atoms with van der Waals surface area (Å²) >= 11 is 1.82. The Bertz CT molecular complexity index is 470. The van der Waals surface area contributed by atoms with Crippen LogP contribution in [-0.2, 0) is 0 Å². The lowest BCUT2D eigenvalue weighted by Crippen LogP contribution is -2.23. The van der Waals surface area contributed by atoms with E-state index in [0.717, 1.165) is 17.9 Å². The summed E-state index contributed by atoms with van der Waals surface area (Å²) < 4.78 is 1.73. The van der Waals surface area contributed by atoms with Gasteiger partial charge in [-0.15, -0.1) is 0 Å². The van der Waals surface area contributed by atoms with E-state index >= 15 is 0 Å². The molecule has 5 nitrogen and oxygen atoms in total. The van der Waals surface area contributed by atoms with Gasteiger partial charge in [0.1, 0.15) is 0 Å². The molecule has 0 aliphatic carbocycles. The number of tetrazole rings is 1. The Morgan fingerprint density at radius 1 is 1.33 bits per heavy atom. The highest BCUT2D eigenvalue weighted by Gasteiger charge is 2.12. The second kappa shape index (κ2) is 6.39. The maximum Gasteiger partial charge on any atom is 0.247 e. The number of hydrogen-bond acceptors (Lipinski definition) is 5. The number of rotatable bonds is 6. The van der Waals surface area contributed by atoms with Gasteiger partial charge in [0.25, 0.3) is 0 Å². The van der Waals surface area contributed by atoms with Crippen molar-refractivity contribution in [3.05, 3.63) is 30.3 Å². The van der Waals surface area contributed by atoms with Crippen LogP contribution in [0.5, 0.6) is 0 Å². The first-order chi connectivity index (χ1) is 8.85. The van der Waals surface area contributed by atoms with Crippen molar-refractivity contribution < 1.29 is 0 Å². The molecule has 1 unspecified atom stereocenters. The molecule has 0 aliphatic heterocycles. The molecule has 1 aromatic heterocycles. The molecular formula is C12H17N5S. The molecule has 0 amide bonds. The molecule has 0 radical (unpaired) electrons. The second-order valence-electron chi connectivity index (χ2n) is 3.95. The molecule has 2 rings (SSSR count). The summed E-state index contributed by atoms with van der Waals surface area (Å²) in [6.07, 6.45) is 3.15. The Kier molecular flexibility index (Phi) is 4.58. The van der Waals surface area contributed by atoms with Crippen LogP contribution < -0.4 is 5.32 Å². The number of aromatic nitrogens is 4. The smallest absolute Gasteiger partial charge is 0.247 e. The molecule has 2 aromatic rings. The summed E-state index contributed by atoms with van der Waals surface area (Å²) in [5.41, 5.74) is 0.962. The molecule has 1 N–H and O–H groups in total. The Morgan fingerprint density at radius 3 is 2.78 bits per heavy atom. The van der Waals surface area contributed by atoms with Crippen molar-refractivity contribution in [2.45, 2.75) is 19.4 Å². The van der Waals surface area contributed by atoms with Crippen LogP contribution in [0.15, 0.2) is 30.3 Å². The third-order valence-corrected chi connectivity index (χ3v) is 3.40. The van der Waals surface area contributed by atoms with Crippen molar-refractivity contribution in [1.29, 1.82) is 0 Å². The standard InChI is InChI=1S/C12H17N5S/c1-3-10(9-18-2)13-12-14-15-16-17(12)11-7-5-4-6-8-11/h4-8,10H,3,9H2,1-2H3,(H,13,14,16). The van der Waals surface area contributed by atoms with E-state index in [9.17, 15) is 0 Å². The van der Waals surface area contributed by atoms with E-state index in [4.69, 9.17) is 0 Å². The molecule has 0 bridgehead atoms. The number of hydrogen-bond donors (Lipinski definition) is 1. The van der Waals surface area contributed by atoms with Gasteiger partial charge in [-0.2, -0.15) is 16.4 Å². The Hall–Kier alpha value is -1.56. The van der Waals surface area contributed by atoms with Gasteiger partial charge in [-0.3, -0.25) is 0 Å². The van der Waals surface area contributed by atoms with Gasteiger partial charge in [-0.25, -0.2) is 0 Å². The fourth-order valence-electron chi connectivity index (χ4n) is 1.67. The van der Waals surface area contributed by atoms with Crippen molar-refractivity contribution in [2.75, 3.05) is 17.3 Å². The lowest BCUT2D eigenvalue weighted by Gasteiger charge is -2.15. The molecule has 0 aliphatic rings. The predicted octanol–water partition coefficient (Wildman–Crippen LogP) is 2.22. The lowest BCUT2D eigenvalue weighted by molar-refractivity contribution is 0.746. The van der Waals surface area contributed by atoms with Gasteiger partial charge in [0, 0.05) is 11.8 Å². The van der Waals surface area contributed by atoms with Crippen molar-refractivity contribution >= 4 is 17.7 Å². The summed E-state index contributed by atoms with van der Waals surface area (Å²) in [5.74, 6) is 1.74. The minimum Gasteiger partial charge on any atom is -0.349 e. The highest BCUT2D eigenvalue weighted by Crippen LogP contribution is 2.13. The number of nitrogens with zero attached hydrogens (tertiary/aromatic N) is 4. The predicted molar refractivity (Wildman–Crippen MR) is 75.2 cm³/mol. The fourth-order valence-corrected chi connectivity index (χ4v) is 2.39. The Balaban J connectivity index is 2.18. The van der Waals surface area contributed by atoms with Crippen LogP contribution in [0.1, 0.15) is 13.3 Å². The molecule has 1 atom stereocenters. The fraction of sp³-hybridized carbons (Fsp3) is 0.417. The molecule has 0 saturated carbocycles. The molecule has 1 aromatic carbocycles. The van der Waals surface area contributed by atoms with Crippen molar-refractivity contribution in [1.82, 2.24) is 20.2 Å². The van der Waals surface area contributed by atoms with Crippen LogP contribution >= 0.6 is 11.8 Å². The van der Waals surface area contributed by atoms with E-state index in [1.807, 2.05) is 42.1 Å². The molecule has 18 heavy (non-hydrogen) atoms. The summed E-state index contributed by atoms with van der Waals surface area (Å²) in [5, 5.41) is 15.2. The molecule has 0 saturated heterocycles. The van der Waals surface area contributed by atoms with Crippen LogP contribution in [0, 0.1) is 0 Å². The summed E-state index contributed by atoms with van der Waals surface area (Å²) in [6.45, 7) is 2.16. The van der Waals surface area contributed by atoms with E-state index in [0.29, 0.717) is 12.0 Å². The van der Waals surface area contributed by atoms with Crippen molar-refractivity contribution in [2.24, 2.45) is 0 Å². The van der Waals surface area contributed by atoms with Gasteiger partial charge in [0.05, 0.1) is 5.69 Å². The average Bonchev–Trinajstić information content (AvgIpc) is 2.87. The van der Waals surface area contributed by atoms with Crippen LogP contribution in [0.4, 0.5) is 5.95 Å². The molecule has 6 heteroatoms. The maximum absolute atomic E-state index is 4.04. The first-order valence-electron chi connectivity index (χ1n) is 5.94. The average molecular weight is 263 g/mol. The zero-order valence-electron chi connectivity index (χ0n) is 10.6. The van der Waals surface area contributed by atoms with E-state index in [1.54, 1.807) is 4.68 Å². The minimum atomic E-state index is 0.383. The number of nitrogens with one attached hydrogen (secondary N) is 1. The van der Waals surface area contributed by atoms with Gasteiger partial charge in [0.2, 0.25) is 5.95 Å². The van der Waals surface area contributed by atoms with Gasteiger partial charge < -0.3 is 5.32 Å². The number of para-hydroxylation sites is 1. The highest BCUT2D eigenvalue weighted by molar-refractivity contribution is 7.98. The lowest BCUT2D eigenvalue weighted by atomic mass is 10.2. The van der Waals surface area contributed by atoms with Gasteiger partial charge in [-0.1, -0.05) is 30.2 Å². The van der Waals surface area contributed by atoms with Crippen LogP contribution in [0.3, 0.4) is 0 Å². The van der Waals surface area contributed by atoms with E-state index in [2.05, 4.69) is 34.0 Å². The summed E-state index contributed by atoms with van der Waals surface area (Å²) in [4.78, 5) is 0. The zero-order valence-corrected chi connectivity index (χ0v) is 11.4. The normalized spacial score (nSPS) is 12.3. The van der Waals surface area contributed by atoms with Crippen LogP contribution in [0.25, 0.3) is 5.69 Å². The molecule has 0 fully saturated rings. The molecule has 96 valence electrons. The van der Waals surface area contributed by atoms with Gasteiger partial charge >= 0.3 is 0 Å². The van der Waals surface area contributed by atoms with Crippen LogP contribution in [-0.4, -0.2) is 38.3 Å². The second-order valence-corrected chi connectivity index (χ2v) is 4.87. The first kappa shape index (κ1) is 12.9. The van der Waals surface area contributed by atoms with Gasteiger partial charge in [-0.05, 0) is 35.2 Å². The number of thioether (sulfide) groups is 1. The van der Waals surface area contributed by atoms with E-state index < -0.39 is 0 Å². The first-order valence-corrected chi connectivity index (χ1v) is 7.33. The SMILES string of the molecule is CCC(CSC)Nc1nnnn1-c1ccccc1. The Labute approximate surface area is 111 Å². The maximum atomic E-state index is 4.04. The summed E-state index contributed by atoms with van der Waals surface area (Å²) in [7, 11) is 0. The topological polar surface area (TPSA) is 55.6 Å².